The minimum absolute atomic E-state index is 0.362. The van der Waals surface area contributed by atoms with Crippen LogP contribution in [-0.4, -0.2) is 39.8 Å². The molecule has 7 nitrogen and oxygen atoms in total. The van der Waals surface area contributed by atoms with E-state index in [9.17, 15) is 9.59 Å². The van der Waals surface area contributed by atoms with Gasteiger partial charge in [-0.15, -0.1) is 0 Å². The summed E-state index contributed by atoms with van der Waals surface area (Å²) in [6.45, 7) is 0.00891. The Kier molecular flexibility index (Phi) is 7.90. The van der Waals surface area contributed by atoms with Crippen LogP contribution in [0.4, 0.5) is 0 Å². The van der Waals surface area contributed by atoms with Gasteiger partial charge in [0, 0.05) is 24.3 Å². The van der Waals surface area contributed by atoms with E-state index in [1.807, 2.05) is 30.3 Å². The van der Waals surface area contributed by atoms with Gasteiger partial charge in [0.2, 0.25) is 0 Å². The molecule has 2 rings (SSSR count). The van der Waals surface area contributed by atoms with Gasteiger partial charge in [-0.1, -0.05) is 30.3 Å². The van der Waals surface area contributed by atoms with Crippen molar-refractivity contribution in [3.63, 3.8) is 0 Å². The first kappa shape index (κ1) is 20.8. The molecule has 0 spiro atoms. The third-order valence-electron chi connectivity index (χ3n) is 3.81. The second-order valence-corrected chi connectivity index (χ2v) is 5.65. The lowest BCUT2D eigenvalue weighted by Crippen LogP contribution is -2.28. The number of amides is 1. The molecule has 1 amide bonds. The molecule has 2 aromatic rings. The van der Waals surface area contributed by atoms with Crippen LogP contribution in [0.3, 0.4) is 0 Å². The van der Waals surface area contributed by atoms with E-state index in [1.54, 1.807) is 12.1 Å². The van der Waals surface area contributed by atoms with E-state index >= 15 is 0 Å². The highest BCUT2D eigenvalue weighted by molar-refractivity contribution is 5.89. The zero-order valence-corrected chi connectivity index (χ0v) is 16.1. The van der Waals surface area contributed by atoms with Crippen molar-refractivity contribution >= 4 is 18.0 Å². The Morgan fingerprint density at radius 1 is 0.929 bits per heavy atom. The molecule has 0 fully saturated rings. The summed E-state index contributed by atoms with van der Waals surface area (Å²) in [6, 6.07) is 12.8. The zero-order valence-electron chi connectivity index (χ0n) is 16.1. The number of ether oxygens (including phenoxy) is 4. The molecule has 0 aliphatic heterocycles. The Morgan fingerprint density at radius 3 is 2.21 bits per heavy atom. The number of nitrogens with one attached hydrogen (secondary N) is 1. The number of hydrogen-bond donors (Lipinski definition) is 1. The number of hydrogen-bond acceptors (Lipinski definition) is 6. The standard InChI is InChI=1S/C21H23NO6/c1-25-17-12-19(27-3)18(26-2)11-16(17)9-10-21(24)28-14-20(23)22-13-15-7-5-4-6-8-15/h4-12H,13-14H2,1-3H3,(H,22,23)/b10-9+. The van der Waals surface area contributed by atoms with E-state index in [4.69, 9.17) is 18.9 Å². The largest absolute Gasteiger partial charge is 0.496 e. The normalized spacial score (nSPS) is 10.4. The molecular weight excluding hydrogens is 362 g/mol. The summed E-state index contributed by atoms with van der Waals surface area (Å²) >= 11 is 0. The first-order valence-electron chi connectivity index (χ1n) is 8.52. The fourth-order valence-electron chi connectivity index (χ4n) is 2.37. The molecule has 0 unspecified atom stereocenters. The molecular formula is C21H23NO6. The molecule has 28 heavy (non-hydrogen) atoms. The van der Waals surface area contributed by atoms with Crippen LogP contribution in [0.15, 0.2) is 48.5 Å². The van der Waals surface area contributed by atoms with Crippen molar-refractivity contribution in [2.24, 2.45) is 0 Å². The van der Waals surface area contributed by atoms with Crippen molar-refractivity contribution in [2.75, 3.05) is 27.9 Å². The average Bonchev–Trinajstić information content (AvgIpc) is 2.74. The molecule has 0 bridgehead atoms. The molecule has 0 aliphatic rings. The first-order valence-corrected chi connectivity index (χ1v) is 8.52. The maximum Gasteiger partial charge on any atom is 0.331 e. The summed E-state index contributed by atoms with van der Waals surface area (Å²) in [5.41, 5.74) is 1.56. The van der Waals surface area contributed by atoms with E-state index in [-0.39, 0.29) is 12.5 Å². The summed E-state index contributed by atoms with van der Waals surface area (Å²) in [7, 11) is 4.54. The predicted octanol–water partition coefficient (Wildman–Crippen LogP) is 2.59. The Hall–Kier alpha value is -3.48. The summed E-state index contributed by atoms with van der Waals surface area (Å²) in [4.78, 5) is 23.7. The zero-order chi connectivity index (χ0) is 20.4. The molecule has 0 atom stereocenters. The summed E-state index contributed by atoms with van der Waals surface area (Å²) < 4.78 is 20.7. The SMILES string of the molecule is COc1cc(OC)c(OC)cc1/C=C/C(=O)OCC(=O)NCc1ccccc1. The van der Waals surface area contributed by atoms with Crippen LogP contribution in [0.5, 0.6) is 17.2 Å². The average molecular weight is 385 g/mol. The molecule has 148 valence electrons. The maximum atomic E-state index is 11.9. The van der Waals surface area contributed by atoms with Crippen molar-refractivity contribution in [1.29, 1.82) is 0 Å². The summed E-state index contributed by atoms with van der Waals surface area (Å²) in [6.07, 6.45) is 2.74. The van der Waals surface area contributed by atoms with Crippen LogP contribution < -0.4 is 19.5 Å². The highest BCUT2D eigenvalue weighted by Crippen LogP contribution is 2.35. The molecule has 0 heterocycles. The summed E-state index contributed by atoms with van der Waals surface area (Å²) in [5, 5.41) is 2.68. The van der Waals surface area contributed by atoms with E-state index in [1.165, 1.54) is 33.5 Å². The number of rotatable bonds is 9. The molecule has 0 saturated carbocycles. The van der Waals surface area contributed by atoms with E-state index in [2.05, 4.69) is 5.32 Å². The van der Waals surface area contributed by atoms with Gasteiger partial charge in [0.05, 0.1) is 21.3 Å². The van der Waals surface area contributed by atoms with E-state index in [0.717, 1.165) is 5.56 Å². The third kappa shape index (κ3) is 6.05. The topological polar surface area (TPSA) is 83.1 Å². The minimum Gasteiger partial charge on any atom is -0.496 e. The lowest BCUT2D eigenvalue weighted by Gasteiger charge is -2.12. The quantitative estimate of drug-likeness (QED) is 0.528. The Bertz CT molecular complexity index is 832. The van der Waals surface area contributed by atoms with Crippen molar-refractivity contribution in [3.05, 3.63) is 59.7 Å². The van der Waals surface area contributed by atoms with Gasteiger partial charge < -0.3 is 24.3 Å². The van der Waals surface area contributed by atoms with Crippen LogP contribution in [0.1, 0.15) is 11.1 Å². The number of methoxy groups -OCH3 is 3. The molecule has 1 N–H and O–H groups in total. The van der Waals surface area contributed by atoms with Crippen LogP contribution >= 0.6 is 0 Å². The van der Waals surface area contributed by atoms with E-state index in [0.29, 0.717) is 29.4 Å². The van der Waals surface area contributed by atoms with Gasteiger partial charge in [-0.2, -0.15) is 0 Å². The van der Waals surface area contributed by atoms with Gasteiger partial charge in [0.15, 0.2) is 18.1 Å². The lowest BCUT2D eigenvalue weighted by atomic mass is 10.1. The number of benzene rings is 2. The highest BCUT2D eigenvalue weighted by Gasteiger charge is 2.11. The number of carbonyl (C=O) groups is 2. The Balaban J connectivity index is 1.90. The van der Waals surface area contributed by atoms with E-state index < -0.39 is 5.97 Å². The Morgan fingerprint density at radius 2 is 1.57 bits per heavy atom. The lowest BCUT2D eigenvalue weighted by molar-refractivity contribution is -0.143. The van der Waals surface area contributed by atoms with Crippen molar-refractivity contribution in [2.45, 2.75) is 6.54 Å². The molecule has 2 aromatic carbocycles. The van der Waals surface area contributed by atoms with Crippen molar-refractivity contribution < 1.29 is 28.5 Å². The van der Waals surface area contributed by atoms with Gasteiger partial charge >= 0.3 is 5.97 Å². The van der Waals surface area contributed by atoms with Gasteiger partial charge in [-0.25, -0.2) is 4.79 Å². The smallest absolute Gasteiger partial charge is 0.331 e. The third-order valence-corrected chi connectivity index (χ3v) is 3.81. The molecule has 0 aliphatic carbocycles. The Labute approximate surface area is 163 Å². The van der Waals surface area contributed by atoms with Crippen LogP contribution in [0, 0.1) is 0 Å². The van der Waals surface area contributed by atoms with Crippen LogP contribution in [0.2, 0.25) is 0 Å². The maximum absolute atomic E-state index is 11.9. The minimum atomic E-state index is -0.647. The number of esters is 1. The molecule has 0 saturated heterocycles. The fourth-order valence-corrected chi connectivity index (χ4v) is 2.37. The molecule has 0 radical (unpaired) electrons. The second-order valence-electron chi connectivity index (χ2n) is 5.65. The highest BCUT2D eigenvalue weighted by atomic mass is 16.5. The first-order chi connectivity index (χ1) is 13.6. The summed E-state index contributed by atoms with van der Waals surface area (Å²) in [5.74, 6) is 0.481. The van der Waals surface area contributed by atoms with Crippen LogP contribution in [0.25, 0.3) is 6.08 Å². The molecule has 7 heteroatoms. The second kappa shape index (κ2) is 10.6. The van der Waals surface area contributed by atoms with Crippen LogP contribution in [-0.2, 0) is 20.9 Å². The van der Waals surface area contributed by atoms with Crippen molar-refractivity contribution in [1.82, 2.24) is 5.32 Å². The molecule has 0 aromatic heterocycles. The monoisotopic (exact) mass is 385 g/mol. The van der Waals surface area contributed by atoms with Gasteiger partial charge in [-0.3, -0.25) is 4.79 Å². The van der Waals surface area contributed by atoms with Crippen molar-refractivity contribution in [3.8, 4) is 17.2 Å². The fraction of sp³-hybridized carbons (Fsp3) is 0.238. The van der Waals surface area contributed by atoms with Gasteiger partial charge in [0.1, 0.15) is 5.75 Å². The number of carbonyl (C=O) groups excluding carboxylic acids is 2. The predicted molar refractivity (Wildman–Crippen MR) is 104 cm³/mol. The van der Waals surface area contributed by atoms with Gasteiger partial charge in [-0.05, 0) is 17.7 Å². The van der Waals surface area contributed by atoms with Gasteiger partial charge in [0.25, 0.3) is 5.91 Å².